The first-order valence-electron chi connectivity index (χ1n) is 6.48. The second kappa shape index (κ2) is 4.87. The lowest BCUT2D eigenvalue weighted by Crippen LogP contribution is -1.81. The quantitative estimate of drug-likeness (QED) is 0.611. The van der Waals surface area contributed by atoms with Crippen molar-refractivity contribution in [2.45, 2.75) is 6.61 Å². The van der Waals surface area contributed by atoms with E-state index in [1.54, 1.807) is 6.07 Å². The second-order valence-corrected chi connectivity index (χ2v) is 5.61. The molecular weight excluding hydrogens is 286 g/mol. The maximum atomic E-state index is 9.09. The predicted octanol–water partition coefficient (Wildman–Crippen LogP) is 4.33. The molecule has 0 unspecified atom stereocenters. The van der Waals surface area contributed by atoms with Crippen molar-refractivity contribution in [3.63, 3.8) is 0 Å². The number of ether oxygens (including phenoxy) is 1. The number of aliphatic hydroxyl groups excluding tert-OH is 1. The normalized spacial score (nSPS) is 11.3. The standard InChI is InChI=1S/C16H11NO3S/c18-9-12-8-10-7-11(5-6-14(10)19-12)20-16-17-13-3-1-2-4-15(13)21-16/h1-8,18H,9H2. The van der Waals surface area contributed by atoms with E-state index in [9.17, 15) is 0 Å². The Labute approximate surface area is 124 Å². The first-order valence-corrected chi connectivity index (χ1v) is 7.30. The third kappa shape index (κ3) is 2.26. The van der Waals surface area contributed by atoms with Crippen molar-refractivity contribution in [3.8, 4) is 10.9 Å². The summed E-state index contributed by atoms with van der Waals surface area (Å²) in [5.41, 5.74) is 1.67. The molecule has 2 aromatic heterocycles. The van der Waals surface area contributed by atoms with E-state index >= 15 is 0 Å². The van der Waals surface area contributed by atoms with Gasteiger partial charge in [-0.05, 0) is 36.4 Å². The minimum Gasteiger partial charge on any atom is -0.459 e. The molecule has 2 heterocycles. The fourth-order valence-electron chi connectivity index (χ4n) is 2.21. The summed E-state index contributed by atoms with van der Waals surface area (Å²) in [7, 11) is 0. The Balaban J connectivity index is 1.69. The monoisotopic (exact) mass is 297 g/mol. The molecule has 0 saturated heterocycles. The van der Waals surface area contributed by atoms with Crippen LogP contribution in [-0.2, 0) is 6.61 Å². The van der Waals surface area contributed by atoms with Crippen molar-refractivity contribution in [1.82, 2.24) is 4.98 Å². The zero-order valence-electron chi connectivity index (χ0n) is 10.9. The van der Waals surface area contributed by atoms with Crippen molar-refractivity contribution in [3.05, 3.63) is 54.3 Å². The molecule has 4 nitrogen and oxygen atoms in total. The van der Waals surface area contributed by atoms with Gasteiger partial charge in [0.25, 0.3) is 5.19 Å². The van der Waals surface area contributed by atoms with Gasteiger partial charge >= 0.3 is 0 Å². The Morgan fingerprint density at radius 1 is 1.14 bits per heavy atom. The van der Waals surface area contributed by atoms with Gasteiger partial charge in [0.1, 0.15) is 23.7 Å². The van der Waals surface area contributed by atoms with E-state index in [1.807, 2.05) is 42.5 Å². The fraction of sp³-hybridized carbons (Fsp3) is 0.0625. The Bertz CT molecular complexity index is 892. The molecule has 0 radical (unpaired) electrons. The third-order valence-corrected chi connectivity index (χ3v) is 4.09. The summed E-state index contributed by atoms with van der Waals surface area (Å²) in [6.07, 6.45) is 0. The Hall–Kier alpha value is -2.37. The summed E-state index contributed by atoms with van der Waals surface area (Å²) < 4.78 is 12.4. The average molecular weight is 297 g/mol. The topological polar surface area (TPSA) is 55.5 Å². The highest BCUT2D eigenvalue weighted by molar-refractivity contribution is 7.20. The van der Waals surface area contributed by atoms with E-state index in [0.29, 0.717) is 16.7 Å². The van der Waals surface area contributed by atoms with Crippen molar-refractivity contribution >= 4 is 32.5 Å². The first-order chi connectivity index (χ1) is 10.3. The highest BCUT2D eigenvalue weighted by atomic mass is 32.1. The Kier molecular flexibility index (Phi) is 2.87. The minimum absolute atomic E-state index is 0.108. The van der Waals surface area contributed by atoms with E-state index < -0.39 is 0 Å². The van der Waals surface area contributed by atoms with Gasteiger partial charge in [0.15, 0.2) is 0 Å². The predicted molar refractivity (Wildman–Crippen MR) is 81.8 cm³/mol. The van der Waals surface area contributed by atoms with Gasteiger partial charge in [-0.3, -0.25) is 0 Å². The van der Waals surface area contributed by atoms with Crippen LogP contribution in [0.2, 0.25) is 0 Å². The summed E-state index contributed by atoms with van der Waals surface area (Å²) in [6, 6.07) is 15.3. The van der Waals surface area contributed by atoms with Gasteiger partial charge in [0, 0.05) is 5.39 Å². The van der Waals surface area contributed by atoms with Crippen LogP contribution in [0.15, 0.2) is 52.9 Å². The first kappa shape index (κ1) is 12.4. The zero-order chi connectivity index (χ0) is 14.2. The van der Waals surface area contributed by atoms with E-state index in [0.717, 1.165) is 21.2 Å². The van der Waals surface area contributed by atoms with Gasteiger partial charge in [-0.15, -0.1) is 0 Å². The molecular formula is C16H11NO3S. The number of hydrogen-bond acceptors (Lipinski definition) is 5. The summed E-state index contributed by atoms with van der Waals surface area (Å²) >= 11 is 1.51. The van der Waals surface area contributed by atoms with E-state index in [2.05, 4.69) is 4.98 Å². The molecule has 0 bridgehead atoms. The number of para-hydroxylation sites is 1. The van der Waals surface area contributed by atoms with Crippen LogP contribution >= 0.6 is 11.3 Å². The van der Waals surface area contributed by atoms with E-state index in [1.165, 1.54) is 11.3 Å². The van der Waals surface area contributed by atoms with Crippen molar-refractivity contribution in [2.24, 2.45) is 0 Å². The number of benzene rings is 2. The lowest BCUT2D eigenvalue weighted by Gasteiger charge is -2.00. The minimum atomic E-state index is -0.108. The molecule has 0 spiro atoms. The smallest absolute Gasteiger partial charge is 0.279 e. The molecule has 4 rings (SSSR count). The van der Waals surface area contributed by atoms with Crippen LogP contribution in [0.3, 0.4) is 0 Å². The van der Waals surface area contributed by atoms with E-state index in [-0.39, 0.29) is 6.61 Å². The number of rotatable bonds is 3. The maximum absolute atomic E-state index is 9.09. The number of fused-ring (bicyclic) bond motifs is 2. The maximum Gasteiger partial charge on any atom is 0.279 e. The van der Waals surface area contributed by atoms with Crippen LogP contribution in [-0.4, -0.2) is 10.1 Å². The molecule has 0 atom stereocenters. The molecule has 0 amide bonds. The molecule has 0 aliphatic rings. The van der Waals surface area contributed by atoms with Crippen LogP contribution in [0.25, 0.3) is 21.2 Å². The largest absolute Gasteiger partial charge is 0.459 e. The van der Waals surface area contributed by atoms with Crippen LogP contribution in [0.5, 0.6) is 10.9 Å². The van der Waals surface area contributed by atoms with Crippen molar-refractivity contribution in [2.75, 3.05) is 0 Å². The van der Waals surface area contributed by atoms with Crippen molar-refractivity contribution in [1.29, 1.82) is 0 Å². The van der Waals surface area contributed by atoms with Crippen molar-refractivity contribution < 1.29 is 14.3 Å². The molecule has 0 fully saturated rings. The highest BCUT2D eigenvalue weighted by Gasteiger charge is 2.08. The SMILES string of the molecule is OCc1cc2cc(Oc3nc4ccccc4s3)ccc2o1. The molecule has 21 heavy (non-hydrogen) atoms. The molecule has 4 aromatic rings. The molecule has 0 aliphatic heterocycles. The van der Waals surface area contributed by atoms with Gasteiger partial charge in [-0.1, -0.05) is 23.5 Å². The molecule has 5 heteroatoms. The number of furan rings is 1. The summed E-state index contributed by atoms with van der Waals surface area (Å²) in [5.74, 6) is 1.24. The van der Waals surface area contributed by atoms with Crippen LogP contribution < -0.4 is 4.74 Å². The lowest BCUT2D eigenvalue weighted by atomic mass is 10.2. The molecule has 104 valence electrons. The summed E-state index contributed by atoms with van der Waals surface area (Å²) in [6.45, 7) is -0.108. The Morgan fingerprint density at radius 2 is 2.05 bits per heavy atom. The van der Waals surface area contributed by atoms with Gasteiger partial charge < -0.3 is 14.3 Å². The molecule has 1 N–H and O–H groups in total. The highest BCUT2D eigenvalue weighted by Crippen LogP contribution is 2.32. The van der Waals surface area contributed by atoms with Crippen LogP contribution in [0, 0.1) is 0 Å². The summed E-state index contributed by atoms with van der Waals surface area (Å²) in [5, 5.41) is 10.6. The summed E-state index contributed by atoms with van der Waals surface area (Å²) in [4.78, 5) is 4.44. The lowest BCUT2D eigenvalue weighted by molar-refractivity contribution is 0.251. The van der Waals surface area contributed by atoms with Gasteiger partial charge in [-0.25, -0.2) is 4.98 Å². The number of aromatic nitrogens is 1. The second-order valence-electron chi connectivity index (χ2n) is 4.62. The molecule has 2 aromatic carbocycles. The number of thiazole rings is 1. The zero-order valence-corrected chi connectivity index (χ0v) is 11.8. The number of aliphatic hydroxyl groups is 1. The number of nitrogens with zero attached hydrogens (tertiary/aromatic N) is 1. The third-order valence-electron chi connectivity index (χ3n) is 3.17. The molecule has 0 saturated carbocycles. The van der Waals surface area contributed by atoms with E-state index in [4.69, 9.17) is 14.3 Å². The average Bonchev–Trinajstić information content (AvgIpc) is 3.09. The molecule has 0 aliphatic carbocycles. The fourth-order valence-corrected chi connectivity index (χ4v) is 3.05. The Morgan fingerprint density at radius 3 is 2.90 bits per heavy atom. The number of hydrogen-bond donors (Lipinski definition) is 1. The van der Waals surface area contributed by atoms with Crippen LogP contribution in [0.1, 0.15) is 5.76 Å². The van der Waals surface area contributed by atoms with Gasteiger partial charge in [0.2, 0.25) is 0 Å². The van der Waals surface area contributed by atoms with Gasteiger partial charge in [-0.2, -0.15) is 0 Å². The van der Waals surface area contributed by atoms with Crippen LogP contribution in [0.4, 0.5) is 0 Å². The van der Waals surface area contributed by atoms with Gasteiger partial charge in [0.05, 0.1) is 10.2 Å².